The minimum atomic E-state index is -0.303. The number of carbonyl (C=O) groups is 1. The maximum atomic E-state index is 13.7. The number of likely N-dealkylation sites (tertiary alicyclic amines) is 1. The van der Waals surface area contributed by atoms with E-state index in [1.54, 1.807) is 25.1 Å². The third-order valence-electron chi connectivity index (χ3n) is 3.82. The van der Waals surface area contributed by atoms with Gasteiger partial charge in [-0.2, -0.15) is 0 Å². The Morgan fingerprint density at radius 2 is 2.20 bits per heavy atom. The summed E-state index contributed by atoms with van der Waals surface area (Å²) in [5.74, 6) is -0.371. The van der Waals surface area contributed by atoms with E-state index in [2.05, 4.69) is 0 Å². The molecule has 1 aromatic carbocycles. The summed E-state index contributed by atoms with van der Waals surface area (Å²) in [6.45, 7) is 2.98. The molecule has 1 heterocycles. The molecule has 1 amide bonds. The Kier molecular flexibility index (Phi) is 4.90. The van der Waals surface area contributed by atoms with E-state index in [4.69, 9.17) is 5.73 Å². The number of nitrogens with zero attached hydrogens (tertiary/aromatic N) is 1. The van der Waals surface area contributed by atoms with E-state index in [9.17, 15) is 9.18 Å². The quantitative estimate of drug-likeness (QED) is 0.862. The van der Waals surface area contributed by atoms with E-state index < -0.39 is 0 Å². The monoisotopic (exact) mass is 276 g/mol. The van der Waals surface area contributed by atoms with Gasteiger partial charge in [0.05, 0.1) is 0 Å². The zero-order valence-corrected chi connectivity index (χ0v) is 11.8. The van der Waals surface area contributed by atoms with Crippen molar-refractivity contribution in [3.8, 4) is 0 Å². The molecule has 1 saturated heterocycles. The molecule has 20 heavy (non-hydrogen) atoms. The summed E-state index contributed by atoms with van der Waals surface area (Å²) in [5.41, 5.74) is 6.84. The zero-order chi connectivity index (χ0) is 14.5. The highest BCUT2D eigenvalue weighted by Crippen LogP contribution is 2.20. The van der Waals surface area contributed by atoms with E-state index in [1.807, 2.05) is 4.90 Å². The highest BCUT2D eigenvalue weighted by atomic mass is 19.1. The molecule has 0 aromatic heterocycles. The van der Waals surface area contributed by atoms with Crippen LogP contribution in [0.25, 0.3) is 5.57 Å². The molecule has 1 fully saturated rings. The maximum absolute atomic E-state index is 13.7. The van der Waals surface area contributed by atoms with Crippen molar-refractivity contribution in [2.45, 2.75) is 32.2 Å². The lowest BCUT2D eigenvalue weighted by Crippen LogP contribution is -2.46. The number of piperidine rings is 1. The lowest BCUT2D eigenvalue weighted by atomic mass is 10.0. The third kappa shape index (κ3) is 3.25. The average Bonchev–Trinajstić information content (AvgIpc) is 2.47. The first kappa shape index (κ1) is 14.7. The van der Waals surface area contributed by atoms with Crippen LogP contribution in [0.5, 0.6) is 0 Å². The molecule has 1 aliphatic rings. The van der Waals surface area contributed by atoms with Crippen LogP contribution in [-0.4, -0.2) is 29.9 Å². The smallest absolute Gasteiger partial charge is 0.247 e. The number of hydrogen-bond donors (Lipinski definition) is 1. The number of benzene rings is 1. The molecular weight excluding hydrogens is 255 g/mol. The van der Waals surface area contributed by atoms with Crippen LogP contribution in [-0.2, 0) is 4.79 Å². The van der Waals surface area contributed by atoms with Gasteiger partial charge in [-0.05, 0) is 37.8 Å². The van der Waals surface area contributed by atoms with Crippen LogP contribution >= 0.6 is 0 Å². The second-order valence-corrected chi connectivity index (χ2v) is 5.22. The van der Waals surface area contributed by atoms with Crippen molar-refractivity contribution < 1.29 is 9.18 Å². The van der Waals surface area contributed by atoms with Crippen LogP contribution in [0.3, 0.4) is 0 Å². The Morgan fingerprint density at radius 3 is 2.90 bits per heavy atom. The number of nitrogens with two attached hydrogens (primary N) is 1. The van der Waals surface area contributed by atoms with Crippen molar-refractivity contribution in [3.05, 3.63) is 41.7 Å². The molecule has 2 rings (SSSR count). The topological polar surface area (TPSA) is 46.3 Å². The Bertz CT molecular complexity index is 513. The minimum Gasteiger partial charge on any atom is -0.335 e. The molecular formula is C16H21FN2O. The summed E-state index contributed by atoms with van der Waals surface area (Å²) in [6, 6.07) is 6.61. The van der Waals surface area contributed by atoms with Gasteiger partial charge >= 0.3 is 0 Å². The van der Waals surface area contributed by atoms with Gasteiger partial charge in [-0.15, -0.1) is 0 Å². The number of rotatable bonds is 3. The van der Waals surface area contributed by atoms with Crippen molar-refractivity contribution in [2.75, 3.05) is 13.1 Å². The first-order chi connectivity index (χ1) is 9.63. The van der Waals surface area contributed by atoms with Crippen molar-refractivity contribution >= 4 is 11.5 Å². The molecule has 0 spiro atoms. The summed E-state index contributed by atoms with van der Waals surface area (Å²) >= 11 is 0. The fourth-order valence-corrected chi connectivity index (χ4v) is 2.66. The van der Waals surface area contributed by atoms with Gasteiger partial charge in [-0.25, -0.2) is 4.39 Å². The summed E-state index contributed by atoms with van der Waals surface area (Å²) in [5, 5.41) is 0. The fourth-order valence-electron chi connectivity index (χ4n) is 2.66. The average molecular weight is 276 g/mol. The predicted molar refractivity (Wildman–Crippen MR) is 78.5 cm³/mol. The largest absolute Gasteiger partial charge is 0.335 e. The third-order valence-corrected chi connectivity index (χ3v) is 3.82. The predicted octanol–water partition coefficient (Wildman–Crippen LogP) is 2.57. The maximum Gasteiger partial charge on any atom is 0.247 e. The molecule has 108 valence electrons. The molecule has 1 unspecified atom stereocenters. The Hall–Kier alpha value is -1.68. The van der Waals surface area contributed by atoms with Crippen molar-refractivity contribution in [1.29, 1.82) is 0 Å². The van der Waals surface area contributed by atoms with Crippen LogP contribution < -0.4 is 5.73 Å². The van der Waals surface area contributed by atoms with E-state index in [0.29, 0.717) is 17.7 Å². The summed E-state index contributed by atoms with van der Waals surface area (Å²) in [6.07, 6.45) is 4.59. The standard InChI is InChI=1S/C16H21FN2O/c1-12(14-7-2-3-8-15(14)17)10-16(20)19-9-5-4-6-13(19)11-18/h2-3,7-8,10,13H,4-6,9,11,18H2,1H3/b12-10+. The molecule has 0 radical (unpaired) electrons. The van der Waals surface area contributed by atoms with Gasteiger partial charge in [0.15, 0.2) is 0 Å². The van der Waals surface area contributed by atoms with Gasteiger partial charge in [-0.3, -0.25) is 4.79 Å². The summed E-state index contributed by atoms with van der Waals surface area (Å²) in [7, 11) is 0. The highest BCUT2D eigenvalue weighted by molar-refractivity contribution is 5.95. The van der Waals surface area contributed by atoms with Crippen molar-refractivity contribution in [2.24, 2.45) is 5.73 Å². The molecule has 0 bridgehead atoms. The highest BCUT2D eigenvalue weighted by Gasteiger charge is 2.24. The van der Waals surface area contributed by atoms with Gasteiger partial charge in [0, 0.05) is 30.8 Å². The van der Waals surface area contributed by atoms with Gasteiger partial charge < -0.3 is 10.6 Å². The first-order valence-corrected chi connectivity index (χ1v) is 7.07. The molecule has 2 N–H and O–H groups in total. The molecule has 0 aliphatic carbocycles. The van der Waals surface area contributed by atoms with Crippen LogP contribution in [0, 0.1) is 5.82 Å². The first-order valence-electron chi connectivity index (χ1n) is 7.07. The number of amides is 1. The van der Waals surface area contributed by atoms with Crippen LogP contribution in [0.4, 0.5) is 4.39 Å². The normalized spacial score (nSPS) is 20.1. The SMILES string of the molecule is C/C(=C\C(=O)N1CCCCC1CN)c1ccccc1F. The van der Waals surface area contributed by atoms with Crippen molar-refractivity contribution in [3.63, 3.8) is 0 Å². The van der Waals surface area contributed by atoms with Gasteiger partial charge in [0.1, 0.15) is 5.82 Å². The van der Waals surface area contributed by atoms with E-state index in [-0.39, 0.29) is 17.8 Å². The fraction of sp³-hybridized carbons (Fsp3) is 0.438. The van der Waals surface area contributed by atoms with Gasteiger partial charge in [0.2, 0.25) is 5.91 Å². The second kappa shape index (κ2) is 6.66. The van der Waals surface area contributed by atoms with Crippen LogP contribution in [0.1, 0.15) is 31.7 Å². The van der Waals surface area contributed by atoms with E-state index >= 15 is 0 Å². The lowest BCUT2D eigenvalue weighted by Gasteiger charge is -2.34. The van der Waals surface area contributed by atoms with Crippen LogP contribution in [0.15, 0.2) is 30.3 Å². The summed E-state index contributed by atoms with van der Waals surface area (Å²) < 4.78 is 13.7. The van der Waals surface area contributed by atoms with Crippen LogP contribution in [0.2, 0.25) is 0 Å². The molecule has 1 aliphatic heterocycles. The minimum absolute atomic E-state index is 0.0686. The second-order valence-electron chi connectivity index (χ2n) is 5.22. The molecule has 4 heteroatoms. The van der Waals surface area contributed by atoms with Crippen molar-refractivity contribution in [1.82, 2.24) is 4.90 Å². The Balaban J connectivity index is 2.17. The zero-order valence-electron chi connectivity index (χ0n) is 11.8. The Labute approximate surface area is 119 Å². The van der Waals surface area contributed by atoms with Gasteiger partial charge in [-0.1, -0.05) is 18.2 Å². The number of hydrogen-bond acceptors (Lipinski definition) is 2. The number of carbonyl (C=O) groups excluding carboxylic acids is 1. The lowest BCUT2D eigenvalue weighted by molar-refractivity contribution is -0.129. The van der Waals surface area contributed by atoms with E-state index in [1.165, 1.54) is 12.1 Å². The Morgan fingerprint density at radius 1 is 1.45 bits per heavy atom. The molecule has 3 nitrogen and oxygen atoms in total. The molecule has 0 saturated carbocycles. The molecule has 1 aromatic rings. The number of allylic oxidation sites excluding steroid dienone is 1. The summed E-state index contributed by atoms with van der Waals surface area (Å²) in [4.78, 5) is 14.1. The molecule has 1 atom stereocenters. The van der Waals surface area contributed by atoms with E-state index in [0.717, 1.165) is 25.8 Å². The van der Waals surface area contributed by atoms with Gasteiger partial charge in [0.25, 0.3) is 0 Å². The number of halogens is 1.